The molecule has 0 unspecified atom stereocenters. The van der Waals surface area contributed by atoms with Gasteiger partial charge < -0.3 is 15.4 Å². The maximum atomic E-state index is 14.0. The van der Waals surface area contributed by atoms with Gasteiger partial charge in [-0.25, -0.2) is 13.9 Å². The number of ether oxygens (including phenoxy) is 1. The van der Waals surface area contributed by atoms with Crippen molar-refractivity contribution in [3.8, 4) is 17.0 Å². The standard InChI is InChI=1S/C17H16FN5O2/c18-12-7-11-8-13(9-12)25-6-5-20-17(24)3-4-19-15-1-2-16-21-10-14(11)23(16)22-15/h1-2,7-10H,3-6H2,(H,19,22)(H,20,24). The number of imidazole rings is 1. The van der Waals surface area contributed by atoms with E-state index in [-0.39, 0.29) is 12.5 Å². The summed E-state index contributed by atoms with van der Waals surface area (Å²) in [5, 5.41) is 10.4. The van der Waals surface area contributed by atoms with Crippen LogP contribution in [-0.4, -0.2) is 40.2 Å². The number of anilines is 1. The third kappa shape index (κ3) is 3.23. The molecule has 1 aliphatic heterocycles. The molecule has 2 aromatic heterocycles. The first-order valence-electron chi connectivity index (χ1n) is 7.98. The Balaban J connectivity index is 1.81. The van der Waals surface area contributed by atoms with E-state index >= 15 is 0 Å². The predicted molar refractivity (Wildman–Crippen MR) is 90.0 cm³/mol. The normalized spacial score (nSPS) is 15.0. The van der Waals surface area contributed by atoms with Gasteiger partial charge >= 0.3 is 0 Å². The van der Waals surface area contributed by atoms with Crippen molar-refractivity contribution in [1.82, 2.24) is 19.9 Å². The Labute approximate surface area is 142 Å². The van der Waals surface area contributed by atoms with Gasteiger partial charge in [-0.2, -0.15) is 0 Å². The highest BCUT2D eigenvalue weighted by Crippen LogP contribution is 2.26. The minimum atomic E-state index is -0.412. The summed E-state index contributed by atoms with van der Waals surface area (Å²) < 4.78 is 21.2. The van der Waals surface area contributed by atoms with Gasteiger partial charge in [0.2, 0.25) is 5.91 Å². The topological polar surface area (TPSA) is 80.6 Å². The summed E-state index contributed by atoms with van der Waals surface area (Å²) in [6.07, 6.45) is 1.96. The summed E-state index contributed by atoms with van der Waals surface area (Å²) >= 11 is 0. The second-order valence-electron chi connectivity index (χ2n) is 5.68. The van der Waals surface area contributed by atoms with E-state index in [1.54, 1.807) is 22.8 Å². The SMILES string of the molecule is O=C1CCNc2ccc3ncc(n3n2)-c2cc(F)cc(c2)OCCN1. The lowest BCUT2D eigenvalue weighted by molar-refractivity contribution is -0.120. The van der Waals surface area contributed by atoms with Crippen LogP contribution < -0.4 is 15.4 Å². The second kappa shape index (κ2) is 6.39. The largest absolute Gasteiger partial charge is 0.492 e. The number of rotatable bonds is 0. The summed E-state index contributed by atoms with van der Waals surface area (Å²) in [6, 6.07) is 8.07. The van der Waals surface area contributed by atoms with Crippen molar-refractivity contribution in [2.45, 2.75) is 6.42 Å². The highest BCUT2D eigenvalue weighted by Gasteiger charge is 2.12. The van der Waals surface area contributed by atoms with Gasteiger partial charge in [0.05, 0.1) is 18.4 Å². The Morgan fingerprint density at radius 1 is 1.16 bits per heavy atom. The summed E-state index contributed by atoms with van der Waals surface area (Å²) in [6.45, 7) is 1.07. The lowest BCUT2D eigenvalue weighted by Gasteiger charge is -2.09. The first kappa shape index (κ1) is 15.4. The maximum absolute atomic E-state index is 14.0. The fourth-order valence-electron chi connectivity index (χ4n) is 2.71. The van der Waals surface area contributed by atoms with Crippen molar-refractivity contribution in [1.29, 1.82) is 0 Å². The minimum absolute atomic E-state index is 0.0877. The number of hydrogen-bond acceptors (Lipinski definition) is 5. The molecule has 3 aromatic rings. The van der Waals surface area contributed by atoms with E-state index < -0.39 is 5.82 Å². The fraction of sp³-hybridized carbons (Fsp3) is 0.235. The van der Waals surface area contributed by atoms with E-state index in [1.165, 1.54) is 12.1 Å². The lowest BCUT2D eigenvalue weighted by atomic mass is 10.1. The lowest BCUT2D eigenvalue weighted by Crippen LogP contribution is -2.29. The molecule has 0 spiro atoms. The number of hydrogen-bond donors (Lipinski definition) is 2. The van der Waals surface area contributed by atoms with E-state index in [0.29, 0.717) is 48.0 Å². The van der Waals surface area contributed by atoms with Crippen LogP contribution in [0, 0.1) is 5.82 Å². The first-order chi connectivity index (χ1) is 12.2. The third-order valence-corrected chi connectivity index (χ3v) is 3.88. The molecule has 0 radical (unpaired) electrons. The number of carbonyl (C=O) groups is 1. The molecule has 3 heterocycles. The Morgan fingerprint density at radius 3 is 3.00 bits per heavy atom. The Bertz CT molecular complexity index is 940. The monoisotopic (exact) mass is 341 g/mol. The number of amides is 1. The van der Waals surface area contributed by atoms with Crippen LogP contribution in [0.15, 0.2) is 36.5 Å². The van der Waals surface area contributed by atoms with Gasteiger partial charge in [0, 0.05) is 24.6 Å². The van der Waals surface area contributed by atoms with Crippen molar-refractivity contribution in [3.05, 3.63) is 42.3 Å². The van der Waals surface area contributed by atoms with Gasteiger partial charge in [-0.3, -0.25) is 4.79 Å². The number of aromatic nitrogens is 3. The van der Waals surface area contributed by atoms with Gasteiger partial charge in [-0.1, -0.05) is 0 Å². The minimum Gasteiger partial charge on any atom is -0.492 e. The van der Waals surface area contributed by atoms with Crippen LogP contribution in [0.25, 0.3) is 16.9 Å². The van der Waals surface area contributed by atoms with Gasteiger partial charge in [0.1, 0.15) is 24.0 Å². The zero-order valence-corrected chi connectivity index (χ0v) is 13.3. The molecule has 0 atom stereocenters. The molecule has 0 saturated carbocycles. The van der Waals surface area contributed by atoms with Gasteiger partial charge in [-0.05, 0) is 24.3 Å². The molecule has 0 aliphatic carbocycles. The fourth-order valence-corrected chi connectivity index (χ4v) is 2.71. The van der Waals surface area contributed by atoms with Crippen molar-refractivity contribution in [3.63, 3.8) is 0 Å². The molecule has 4 bridgehead atoms. The zero-order chi connectivity index (χ0) is 17.2. The van der Waals surface area contributed by atoms with Crippen LogP contribution in [0.5, 0.6) is 5.75 Å². The van der Waals surface area contributed by atoms with Crippen LogP contribution >= 0.6 is 0 Å². The molecular formula is C17H16FN5O2. The van der Waals surface area contributed by atoms with Crippen LogP contribution in [-0.2, 0) is 4.79 Å². The predicted octanol–water partition coefficient (Wildman–Crippen LogP) is 1.85. The zero-order valence-electron chi connectivity index (χ0n) is 13.3. The number of carbonyl (C=O) groups excluding carboxylic acids is 1. The molecule has 128 valence electrons. The molecule has 1 amide bonds. The van der Waals surface area contributed by atoms with Gasteiger partial charge in [-0.15, -0.1) is 5.10 Å². The van der Waals surface area contributed by atoms with E-state index in [2.05, 4.69) is 20.7 Å². The highest BCUT2D eigenvalue weighted by molar-refractivity contribution is 5.76. The van der Waals surface area contributed by atoms with Crippen LogP contribution in [0.3, 0.4) is 0 Å². The number of fused-ring (bicyclic) bond motifs is 4. The van der Waals surface area contributed by atoms with E-state index in [0.717, 1.165) is 0 Å². The highest BCUT2D eigenvalue weighted by atomic mass is 19.1. The van der Waals surface area contributed by atoms with Crippen molar-refractivity contribution >= 4 is 17.4 Å². The Morgan fingerprint density at radius 2 is 2.08 bits per heavy atom. The molecule has 4 rings (SSSR count). The number of nitrogens with one attached hydrogen (secondary N) is 2. The molecule has 25 heavy (non-hydrogen) atoms. The average molecular weight is 341 g/mol. The van der Waals surface area contributed by atoms with Gasteiger partial charge in [0.25, 0.3) is 0 Å². The van der Waals surface area contributed by atoms with E-state index in [1.807, 2.05) is 6.07 Å². The summed E-state index contributed by atoms with van der Waals surface area (Å²) in [4.78, 5) is 16.1. The molecule has 0 saturated heterocycles. The van der Waals surface area contributed by atoms with Crippen LogP contribution in [0.4, 0.5) is 10.2 Å². The quantitative estimate of drug-likeness (QED) is 0.652. The second-order valence-corrected chi connectivity index (χ2v) is 5.68. The molecule has 1 aromatic carbocycles. The summed E-state index contributed by atoms with van der Waals surface area (Å²) in [5.74, 6) is 0.506. The number of nitrogens with zero attached hydrogens (tertiary/aromatic N) is 3. The van der Waals surface area contributed by atoms with E-state index in [4.69, 9.17) is 4.74 Å². The van der Waals surface area contributed by atoms with Crippen LogP contribution in [0.1, 0.15) is 6.42 Å². The molecule has 2 N–H and O–H groups in total. The summed E-state index contributed by atoms with van der Waals surface area (Å²) in [7, 11) is 0. The smallest absolute Gasteiger partial charge is 0.221 e. The molecule has 7 nitrogen and oxygen atoms in total. The van der Waals surface area contributed by atoms with Crippen molar-refractivity contribution < 1.29 is 13.9 Å². The van der Waals surface area contributed by atoms with Crippen LogP contribution in [0.2, 0.25) is 0 Å². The Hall–Kier alpha value is -3.16. The molecule has 0 fully saturated rings. The summed E-state index contributed by atoms with van der Waals surface area (Å²) in [5.41, 5.74) is 1.92. The molecular weight excluding hydrogens is 325 g/mol. The molecule has 8 heteroatoms. The van der Waals surface area contributed by atoms with Crippen molar-refractivity contribution in [2.75, 3.05) is 25.0 Å². The Kier molecular flexibility index (Phi) is 3.93. The van der Waals surface area contributed by atoms with E-state index in [9.17, 15) is 9.18 Å². The first-order valence-corrected chi connectivity index (χ1v) is 7.98. The average Bonchev–Trinajstić information content (AvgIpc) is 3.01. The number of benzene rings is 1. The maximum Gasteiger partial charge on any atom is 0.221 e. The molecule has 1 aliphatic rings. The van der Waals surface area contributed by atoms with Gasteiger partial charge in [0.15, 0.2) is 5.65 Å². The number of halogens is 1. The third-order valence-electron chi connectivity index (χ3n) is 3.88. The van der Waals surface area contributed by atoms with Crippen molar-refractivity contribution in [2.24, 2.45) is 0 Å².